The number of hydrogen-bond acceptors (Lipinski definition) is 4. The highest BCUT2D eigenvalue weighted by Gasteiger charge is 2.18. The van der Waals surface area contributed by atoms with E-state index in [2.05, 4.69) is 5.32 Å². The number of rotatable bonds is 6. The smallest absolute Gasteiger partial charge is 0.344 e. The number of benzene rings is 2. The Morgan fingerprint density at radius 1 is 1.08 bits per heavy atom. The molecule has 0 fully saturated rings. The first-order chi connectivity index (χ1) is 11.4. The largest absolute Gasteiger partial charge is 0.482 e. The van der Waals surface area contributed by atoms with Crippen LogP contribution in [-0.4, -0.2) is 24.6 Å². The van der Waals surface area contributed by atoms with Crippen LogP contribution in [0.1, 0.15) is 6.92 Å². The number of esters is 1. The van der Waals surface area contributed by atoms with Crippen molar-refractivity contribution in [2.45, 2.75) is 13.0 Å². The molecule has 0 heterocycles. The fraction of sp³-hybridized carbons (Fsp3) is 0.176. The fourth-order valence-corrected chi connectivity index (χ4v) is 2.08. The first-order valence-electron chi connectivity index (χ1n) is 7.08. The number of hydrogen-bond donors (Lipinski definition) is 1. The zero-order valence-corrected chi connectivity index (χ0v) is 14.3. The van der Waals surface area contributed by atoms with E-state index in [1.807, 2.05) is 0 Å². The minimum atomic E-state index is -0.967. The van der Waals surface area contributed by atoms with Crippen LogP contribution in [0.2, 0.25) is 10.0 Å². The number of anilines is 1. The summed E-state index contributed by atoms with van der Waals surface area (Å²) in [7, 11) is 0. The van der Waals surface area contributed by atoms with Crippen molar-refractivity contribution >= 4 is 40.8 Å². The Kier molecular flexibility index (Phi) is 6.46. The second-order valence-corrected chi connectivity index (χ2v) is 5.75. The van der Waals surface area contributed by atoms with Crippen molar-refractivity contribution in [3.05, 3.63) is 58.6 Å². The molecular formula is C17H15Cl2NO4. The van der Waals surface area contributed by atoms with Gasteiger partial charge in [0, 0.05) is 15.7 Å². The number of carbonyl (C=O) groups is 2. The lowest BCUT2D eigenvalue weighted by atomic mass is 10.3. The third kappa shape index (κ3) is 5.76. The van der Waals surface area contributed by atoms with Crippen LogP contribution < -0.4 is 10.1 Å². The zero-order chi connectivity index (χ0) is 17.5. The Hall–Kier alpha value is -2.24. The molecule has 1 N–H and O–H groups in total. The summed E-state index contributed by atoms with van der Waals surface area (Å²) in [5.41, 5.74) is 0.521. The van der Waals surface area contributed by atoms with Crippen LogP contribution >= 0.6 is 23.2 Å². The molecule has 0 aromatic heterocycles. The van der Waals surface area contributed by atoms with Crippen molar-refractivity contribution < 1.29 is 19.1 Å². The highest BCUT2D eigenvalue weighted by Crippen LogP contribution is 2.16. The van der Waals surface area contributed by atoms with E-state index in [-0.39, 0.29) is 6.61 Å². The van der Waals surface area contributed by atoms with Gasteiger partial charge in [0.25, 0.3) is 5.91 Å². The number of ether oxygens (including phenoxy) is 2. The lowest BCUT2D eigenvalue weighted by Gasteiger charge is -2.14. The van der Waals surface area contributed by atoms with Crippen LogP contribution in [0.25, 0.3) is 0 Å². The second-order valence-electron chi connectivity index (χ2n) is 4.87. The molecule has 0 bridgehead atoms. The van der Waals surface area contributed by atoms with E-state index in [1.54, 1.807) is 48.5 Å². The molecule has 2 aromatic carbocycles. The highest BCUT2D eigenvalue weighted by molar-refractivity contribution is 6.31. The second kappa shape index (κ2) is 8.57. The fourth-order valence-electron chi connectivity index (χ4n) is 1.77. The quantitative estimate of drug-likeness (QED) is 0.785. The van der Waals surface area contributed by atoms with E-state index in [0.29, 0.717) is 21.5 Å². The lowest BCUT2D eigenvalue weighted by molar-refractivity contribution is -0.155. The molecule has 2 rings (SSSR count). The van der Waals surface area contributed by atoms with Gasteiger partial charge in [-0.05, 0) is 49.4 Å². The molecule has 5 nitrogen and oxygen atoms in total. The molecule has 0 unspecified atom stereocenters. The minimum absolute atomic E-state index is 0.309. The van der Waals surface area contributed by atoms with Crippen LogP contribution in [0.15, 0.2) is 48.5 Å². The highest BCUT2D eigenvalue weighted by atomic mass is 35.5. The number of halogens is 2. The lowest BCUT2D eigenvalue weighted by Crippen LogP contribution is -2.31. The number of nitrogens with one attached hydrogen (secondary N) is 1. The van der Waals surface area contributed by atoms with Crippen LogP contribution in [0.4, 0.5) is 5.69 Å². The van der Waals surface area contributed by atoms with Crippen LogP contribution in [0, 0.1) is 0 Å². The molecule has 0 radical (unpaired) electrons. The zero-order valence-electron chi connectivity index (χ0n) is 12.8. The molecule has 0 saturated carbocycles. The van der Waals surface area contributed by atoms with Gasteiger partial charge >= 0.3 is 5.97 Å². The van der Waals surface area contributed by atoms with Gasteiger partial charge in [0.05, 0.1) is 0 Å². The Morgan fingerprint density at radius 3 is 2.46 bits per heavy atom. The summed E-state index contributed by atoms with van der Waals surface area (Å²) in [6, 6.07) is 13.2. The molecule has 126 valence electrons. The van der Waals surface area contributed by atoms with Crippen molar-refractivity contribution in [1.82, 2.24) is 0 Å². The van der Waals surface area contributed by atoms with Gasteiger partial charge in [-0.2, -0.15) is 0 Å². The van der Waals surface area contributed by atoms with Gasteiger partial charge in [0.2, 0.25) is 0 Å². The monoisotopic (exact) mass is 367 g/mol. The average molecular weight is 368 g/mol. The van der Waals surface area contributed by atoms with Crippen molar-refractivity contribution in [2.24, 2.45) is 0 Å². The van der Waals surface area contributed by atoms with Crippen molar-refractivity contribution in [2.75, 3.05) is 11.9 Å². The summed E-state index contributed by atoms with van der Waals surface area (Å²) < 4.78 is 10.3. The van der Waals surface area contributed by atoms with Crippen molar-refractivity contribution in [3.63, 3.8) is 0 Å². The summed E-state index contributed by atoms with van der Waals surface area (Å²) in [5.74, 6) is -0.636. The molecule has 7 heteroatoms. The Balaban J connectivity index is 1.80. The minimum Gasteiger partial charge on any atom is -0.482 e. The molecule has 0 spiro atoms. The van der Waals surface area contributed by atoms with Gasteiger partial charge in [-0.25, -0.2) is 4.79 Å². The van der Waals surface area contributed by atoms with E-state index in [4.69, 9.17) is 32.7 Å². The van der Waals surface area contributed by atoms with Crippen molar-refractivity contribution in [1.29, 1.82) is 0 Å². The van der Waals surface area contributed by atoms with Crippen LogP contribution in [0.3, 0.4) is 0 Å². The molecule has 0 aliphatic heterocycles. The van der Waals surface area contributed by atoms with E-state index >= 15 is 0 Å². The van der Waals surface area contributed by atoms with Crippen LogP contribution in [-0.2, 0) is 14.3 Å². The van der Waals surface area contributed by atoms with Gasteiger partial charge in [-0.3, -0.25) is 4.79 Å². The van der Waals surface area contributed by atoms with E-state index in [0.717, 1.165) is 0 Å². The molecule has 2 aromatic rings. The summed E-state index contributed by atoms with van der Waals surface area (Å²) in [4.78, 5) is 23.7. The Morgan fingerprint density at radius 2 is 1.79 bits per heavy atom. The average Bonchev–Trinajstić information content (AvgIpc) is 2.54. The van der Waals surface area contributed by atoms with E-state index in [1.165, 1.54) is 6.92 Å². The molecule has 0 aliphatic carbocycles. The third-order valence-electron chi connectivity index (χ3n) is 2.94. The predicted molar refractivity (Wildman–Crippen MR) is 92.6 cm³/mol. The molecule has 0 aliphatic rings. The van der Waals surface area contributed by atoms with Crippen LogP contribution in [0.5, 0.6) is 5.75 Å². The SMILES string of the molecule is C[C@H](OC(=O)COc1ccc(Cl)cc1)C(=O)Nc1cccc(Cl)c1. The maximum absolute atomic E-state index is 12.0. The standard InChI is InChI=1S/C17H15Cl2NO4/c1-11(17(22)20-14-4-2-3-13(19)9-14)24-16(21)10-23-15-7-5-12(18)6-8-15/h2-9,11H,10H2,1H3,(H,20,22)/t11-/m0/s1. The summed E-state index contributed by atoms with van der Waals surface area (Å²) in [5, 5.41) is 3.67. The van der Waals surface area contributed by atoms with E-state index < -0.39 is 18.0 Å². The topological polar surface area (TPSA) is 64.6 Å². The third-order valence-corrected chi connectivity index (χ3v) is 3.43. The van der Waals surface area contributed by atoms with E-state index in [9.17, 15) is 9.59 Å². The maximum atomic E-state index is 12.0. The maximum Gasteiger partial charge on any atom is 0.344 e. The molecule has 0 saturated heterocycles. The summed E-state index contributed by atoms with van der Waals surface area (Å²) >= 11 is 11.6. The van der Waals surface area contributed by atoms with Gasteiger partial charge in [-0.1, -0.05) is 29.3 Å². The summed E-state index contributed by atoms with van der Waals surface area (Å²) in [6.45, 7) is 1.16. The normalized spacial score (nSPS) is 11.5. The molecular weight excluding hydrogens is 353 g/mol. The molecule has 1 amide bonds. The van der Waals surface area contributed by atoms with Crippen molar-refractivity contribution in [3.8, 4) is 5.75 Å². The van der Waals surface area contributed by atoms with Gasteiger partial charge in [0.1, 0.15) is 5.75 Å². The Bertz CT molecular complexity index is 719. The number of amides is 1. The number of carbonyl (C=O) groups excluding carboxylic acids is 2. The molecule has 24 heavy (non-hydrogen) atoms. The van der Waals surface area contributed by atoms with Gasteiger partial charge in [-0.15, -0.1) is 0 Å². The molecule has 1 atom stereocenters. The first-order valence-corrected chi connectivity index (χ1v) is 7.84. The van der Waals surface area contributed by atoms with Gasteiger partial charge in [0.15, 0.2) is 12.7 Å². The van der Waals surface area contributed by atoms with Gasteiger partial charge < -0.3 is 14.8 Å². The Labute approximate surface area is 149 Å². The predicted octanol–water partition coefficient (Wildman–Crippen LogP) is 3.94. The first kappa shape index (κ1) is 18.1. The summed E-state index contributed by atoms with van der Waals surface area (Å²) in [6.07, 6.45) is -0.967.